The van der Waals surface area contributed by atoms with Gasteiger partial charge in [0.05, 0.1) is 18.5 Å². The summed E-state index contributed by atoms with van der Waals surface area (Å²) >= 11 is 0. The minimum Gasteiger partial charge on any atom is -0.308 e. The maximum atomic E-state index is 13.0. The van der Waals surface area contributed by atoms with Crippen molar-refractivity contribution in [3.05, 3.63) is 95.1 Å². The Bertz CT molecular complexity index is 1190. The van der Waals surface area contributed by atoms with Crippen molar-refractivity contribution >= 4 is 27.3 Å². The summed E-state index contributed by atoms with van der Waals surface area (Å²) < 4.78 is 26.1. The molecule has 5 nitrogen and oxygen atoms in total. The molecule has 0 spiro atoms. The van der Waals surface area contributed by atoms with Crippen molar-refractivity contribution in [1.29, 1.82) is 0 Å². The summed E-state index contributed by atoms with van der Waals surface area (Å²) in [5, 5.41) is 0. The van der Waals surface area contributed by atoms with Gasteiger partial charge in [-0.15, -0.1) is 0 Å². The molecule has 0 radical (unpaired) electrons. The number of carbonyl (C=O) groups is 1. The molecule has 0 bridgehead atoms. The fourth-order valence-electron chi connectivity index (χ4n) is 3.81. The Balaban J connectivity index is 1.55. The lowest BCUT2D eigenvalue weighted by atomic mass is 10.1. The van der Waals surface area contributed by atoms with E-state index < -0.39 is 10.0 Å². The molecule has 1 aliphatic heterocycles. The maximum Gasteiger partial charge on any atom is 0.258 e. The lowest BCUT2D eigenvalue weighted by molar-refractivity contribution is 0.0989. The Morgan fingerprint density at radius 1 is 1.00 bits per heavy atom. The van der Waals surface area contributed by atoms with Crippen molar-refractivity contribution < 1.29 is 13.2 Å². The zero-order valence-electron chi connectivity index (χ0n) is 17.1. The number of fused-ring (bicyclic) bond motifs is 1. The quantitative estimate of drug-likeness (QED) is 0.623. The normalized spacial score (nSPS) is 13.2. The van der Waals surface area contributed by atoms with E-state index >= 15 is 0 Å². The van der Waals surface area contributed by atoms with Gasteiger partial charge in [-0.3, -0.25) is 9.10 Å². The lowest BCUT2D eigenvalue weighted by Gasteiger charge is -2.23. The minimum absolute atomic E-state index is 0.0369. The number of sulfonamides is 1. The van der Waals surface area contributed by atoms with E-state index in [1.165, 1.54) is 16.1 Å². The van der Waals surface area contributed by atoms with Gasteiger partial charge in [-0.1, -0.05) is 42.5 Å². The highest BCUT2D eigenvalue weighted by molar-refractivity contribution is 7.92. The maximum absolute atomic E-state index is 13.0. The van der Waals surface area contributed by atoms with Gasteiger partial charge >= 0.3 is 0 Å². The number of hydrogen-bond acceptors (Lipinski definition) is 3. The van der Waals surface area contributed by atoms with Gasteiger partial charge < -0.3 is 4.90 Å². The summed E-state index contributed by atoms with van der Waals surface area (Å²) in [6.07, 6.45) is 2.07. The van der Waals surface area contributed by atoms with E-state index in [4.69, 9.17) is 0 Å². The van der Waals surface area contributed by atoms with Crippen LogP contribution < -0.4 is 9.21 Å². The Labute approximate surface area is 177 Å². The van der Waals surface area contributed by atoms with Crippen LogP contribution in [0.25, 0.3) is 0 Å². The molecule has 3 aromatic rings. The van der Waals surface area contributed by atoms with Crippen molar-refractivity contribution in [2.24, 2.45) is 0 Å². The molecule has 4 rings (SSSR count). The number of para-hydroxylation sites is 1. The van der Waals surface area contributed by atoms with E-state index in [0.29, 0.717) is 17.8 Å². The summed E-state index contributed by atoms with van der Waals surface area (Å²) in [7, 11) is -3.45. The number of carbonyl (C=O) groups excluding carboxylic acids is 1. The molecule has 0 unspecified atom stereocenters. The van der Waals surface area contributed by atoms with Gasteiger partial charge in [-0.25, -0.2) is 8.42 Å². The van der Waals surface area contributed by atoms with Gasteiger partial charge in [0, 0.05) is 17.8 Å². The zero-order chi connectivity index (χ0) is 21.3. The van der Waals surface area contributed by atoms with Crippen molar-refractivity contribution in [2.45, 2.75) is 19.9 Å². The second-order valence-electron chi connectivity index (χ2n) is 7.64. The molecule has 1 amide bonds. The first-order valence-electron chi connectivity index (χ1n) is 9.86. The monoisotopic (exact) mass is 420 g/mol. The lowest BCUT2D eigenvalue weighted by Crippen LogP contribution is -2.30. The first kappa shape index (κ1) is 20.2. The van der Waals surface area contributed by atoms with Crippen LogP contribution >= 0.6 is 0 Å². The Kier molecular flexibility index (Phi) is 5.35. The van der Waals surface area contributed by atoms with Crippen LogP contribution in [0.5, 0.6) is 0 Å². The smallest absolute Gasteiger partial charge is 0.258 e. The van der Waals surface area contributed by atoms with Gasteiger partial charge in [0.25, 0.3) is 5.91 Å². The predicted octanol–water partition coefficient (Wildman–Crippen LogP) is 4.16. The third-order valence-electron chi connectivity index (χ3n) is 5.35. The van der Waals surface area contributed by atoms with Crippen molar-refractivity contribution in [3.8, 4) is 0 Å². The van der Waals surface area contributed by atoms with E-state index in [1.807, 2.05) is 55.5 Å². The molecule has 6 heteroatoms. The van der Waals surface area contributed by atoms with Crippen molar-refractivity contribution in [2.75, 3.05) is 22.0 Å². The summed E-state index contributed by atoms with van der Waals surface area (Å²) in [5.74, 6) is -0.0369. The summed E-state index contributed by atoms with van der Waals surface area (Å²) in [6.45, 7) is 2.82. The number of nitrogens with zero attached hydrogens (tertiary/aromatic N) is 2. The van der Waals surface area contributed by atoms with Crippen LogP contribution in [0, 0.1) is 6.92 Å². The van der Waals surface area contributed by atoms with E-state index in [-0.39, 0.29) is 12.5 Å². The standard InChI is InChI=1S/C24H24N2O3S/c1-18-6-5-8-22(16-18)26(30(2,28)29)17-19-10-12-21(13-11-19)24(27)25-15-14-20-7-3-4-9-23(20)25/h3-13,16H,14-15,17H2,1-2H3. The van der Waals surface area contributed by atoms with Crippen molar-refractivity contribution in [1.82, 2.24) is 0 Å². The van der Waals surface area contributed by atoms with Gasteiger partial charge in [0.2, 0.25) is 10.0 Å². The molecule has 0 atom stereocenters. The van der Waals surface area contributed by atoms with Crippen LogP contribution in [0.4, 0.5) is 11.4 Å². The summed E-state index contributed by atoms with van der Waals surface area (Å²) in [6, 6.07) is 22.6. The molecule has 0 saturated carbocycles. The Morgan fingerprint density at radius 2 is 1.73 bits per heavy atom. The predicted molar refractivity (Wildman–Crippen MR) is 120 cm³/mol. The Morgan fingerprint density at radius 3 is 2.43 bits per heavy atom. The molecule has 0 aliphatic carbocycles. The molecular weight excluding hydrogens is 396 g/mol. The summed E-state index contributed by atoms with van der Waals surface area (Å²) in [4.78, 5) is 14.8. The molecule has 154 valence electrons. The van der Waals surface area contributed by atoms with E-state index in [1.54, 1.807) is 23.1 Å². The zero-order valence-corrected chi connectivity index (χ0v) is 17.9. The number of hydrogen-bond donors (Lipinski definition) is 0. The highest BCUT2D eigenvalue weighted by Crippen LogP contribution is 2.29. The van der Waals surface area contributed by atoms with Crippen LogP contribution in [0.15, 0.2) is 72.8 Å². The molecule has 1 aliphatic rings. The molecule has 3 aromatic carbocycles. The second kappa shape index (κ2) is 7.95. The Hall–Kier alpha value is -3.12. The SMILES string of the molecule is Cc1cccc(N(Cc2ccc(C(=O)N3CCc4ccccc43)cc2)S(C)(=O)=O)c1. The second-order valence-corrected chi connectivity index (χ2v) is 9.55. The number of aryl methyl sites for hydroxylation is 1. The molecule has 0 fully saturated rings. The van der Waals surface area contributed by atoms with E-state index in [2.05, 4.69) is 6.07 Å². The van der Waals surface area contributed by atoms with Gasteiger partial charge in [-0.05, 0) is 60.4 Å². The average molecular weight is 421 g/mol. The third kappa shape index (κ3) is 4.09. The fourth-order valence-corrected chi connectivity index (χ4v) is 4.69. The van der Waals surface area contributed by atoms with E-state index in [0.717, 1.165) is 23.2 Å². The number of benzene rings is 3. The first-order valence-corrected chi connectivity index (χ1v) is 11.7. The molecule has 30 heavy (non-hydrogen) atoms. The highest BCUT2D eigenvalue weighted by atomic mass is 32.2. The fraction of sp³-hybridized carbons (Fsp3) is 0.208. The van der Waals surface area contributed by atoms with Gasteiger partial charge in [0.15, 0.2) is 0 Å². The topological polar surface area (TPSA) is 57.7 Å². The molecule has 0 N–H and O–H groups in total. The molecule has 0 saturated heterocycles. The number of anilines is 2. The van der Waals surface area contributed by atoms with Crippen LogP contribution in [-0.2, 0) is 23.0 Å². The molecule has 1 heterocycles. The van der Waals surface area contributed by atoms with Gasteiger partial charge in [-0.2, -0.15) is 0 Å². The largest absolute Gasteiger partial charge is 0.308 e. The van der Waals surface area contributed by atoms with Crippen LogP contribution in [0.1, 0.15) is 27.0 Å². The molecule has 0 aromatic heterocycles. The van der Waals surface area contributed by atoms with Crippen LogP contribution in [-0.4, -0.2) is 27.1 Å². The number of rotatable bonds is 5. The van der Waals surface area contributed by atoms with Gasteiger partial charge in [0.1, 0.15) is 0 Å². The summed E-state index contributed by atoms with van der Waals surface area (Å²) in [5.41, 5.74) is 5.19. The minimum atomic E-state index is -3.45. The average Bonchev–Trinajstić information content (AvgIpc) is 3.15. The first-order chi connectivity index (χ1) is 14.3. The molecular formula is C24H24N2O3S. The van der Waals surface area contributed by atoms with Crippen LogP contribution in [0.3, 0.4) is 0 Å². The highest BCUT2D eigenvalue weighted by Gasteiger charge is 2.25. The van der Waals surface area contributed by atoms with E-state index in [9.17, 15) is 13.2 Å². The van der Waals surface area contributed by atoms with Crippen molar-refractivity contribution in [3.63, 3.8) is 0 Å². The van der Waals surface area contributed by atoms with Crippen LogP contribution in [0.2, 0.25) is 0 Å². The number of amides is 1. The third-order valence-corrected chi connectivity index (χ3v) is 6.49.